The van der Waals surface area contributed by atoms with Crippen molar-refractivity contribution in [3.63, 3.8) is 0 Å². The van der Waals surface area contributed by atoms with Gasteiger partial charge in [0.25, 0.3) is 0 Å². The number of piperidine rings is 1. The number of nitrogens with zero attached hydrogens (tertiary/aromatic N) is 2. The first-order chi connectivity index (χ1) is 11.5. The summed E-state index contributed by atoms with van der Waals surface area (Å²) in [6.45, 7) is 0.824. The van der Waals surface area contributed by atoms with Gasteiger partial charge >= 0.3 is 0 Å². The Kier molecular flexibility index (Phi) is 4.82. The van der Waals surface area contributed by atoms with Crippen molar-refractivity contribution in [3.8, 4) is 5.75 Å². The van der Waals surface area contributed by atoms with Crippen molar-refractivity contribution in [1.82, 2.24) is 9.29 Å². The average molecular weight is 350 g/mol. The van der Waals surface area contributed by atoms with Crippen LogP contribution in [0, 0.1) is 5.82 Å². The molecule has 0 amide bonds. The van der Waals surface area contributed by atoms with Crippen molar-refractivity contribution in [2.45, 2.75) is 23.7 Å². The smallest absolute Gasteiger partial charge is 0.243 e. The molecule has 0 spiro atoms. The van der Waals surface area contributed by atoms with E-state index in [0.29, 0.717) is 19.0 Å². The Bertz CT molecular complexity index is 804. The molecule has 3 rings (SSSR count). The number of hydrogen-bond donors (Lipinski definition) is 0. The Labute approximate surface area is 141 Å². The lowest BCUT2D eigenvalue weighted by molar-refractivity contribution is 0.319. The summed E-state index contributed by atoms with van der Waals surface area (Å²) in [5.74, 6) is -0.342. The summed E-state index contributed by atoms with van der Waals surface area (Å²) in [6.07, 6.45) is 5.00. The van der Waals surface area contributed by atoms with Crippen molar-refractivity contribution in [3.05, 3.63) is 54.1 Å². The third kappa shape index (κ3) is 3.27. The van der Waals surface area contributed by atoms with Crippen LogP contribution in [0.1, 0.15) is 24.3 Å². The molecule has 0 N–H and O–H groups in total. The predicted molar refractivity (Wildman–Crippen MR) is 87.9 cm³/mol. The summed E-state index contributed by atoms with van der Waals surface area (Å²) in [5.41, 5.74) is 1.13. The van der Waals surface area contributed by atoms with Crippen molar-refractivity contribution in [1.29, 1.82) is 0 Å². The molecule has 2 heterocycles. The van der Waals surface area contributed by atoms with Gasteiger partial charge in [0.2, 0.25) is 10.0 Å². The molecule has 1 aromatic heterocycles. The van der Waals surface area contributed by atoms with Crippen molar-refractivity contribution in [2.24, 2.45) is 0 Å². The highest BCUT2D eigenvalue weighted by Gasteiger charge is 2.30. The number of rotatable bonds is 4. The number of benzene rings is 1. The summed E-state index contributed by atoms with van der Waals surface area (Å²) in [7, 11) is -2.35. The Balaban J connectivity index is 1.74. The van der Waals surface area contributed by atoms with Crippen LogP contribution in [-0.4, -0.2) is 37.9 Å². The molecule has 7 heteroatoms. The minimum absolute atomic E-state index is 0.0317. The van der Waals surface area contributed by atoms with Gasteiger partial charge < -0.3 is 4.74 Å². The van der Waals surface area contributed by atoms with Crippen LogP contribution in [0.15, 0.2) is 47.6 Å². The van der Waals surface area contributed by atoms with E-state index < -0.39 is 15.8 Å². The maximum Gasteiger partial charge on any atom is 0.243 e. The zero-order valence-corrected chi connectivity index (χ0v) is 14.2. The predicted octanol–water partition coefficient (Wildman–Crippen LogP) is 2.80. The first kappa shape index (κ1) is 16.9. The fraction of sp³-hybridized carbons (Fsp3) is 0.353. The van der Waals surface area contributed by atoms with Crippen LogP contribution in [0.5, 0.6) is 5.75 Å². The number of pyridine rings is 1. The van der Waals surface area contributed by atoms with E-state index in [9.17, 15) is 12.8 Å². The molecule has 1 saturated heterocycles. The number of aromatic nitrogens is 1. The second-order valence-corrected chi connectivity index (χ2v) is 7.70. The zero-order chi connectivity index (χ0) is 17.2. The maximum atomic E-state index is 13.8. The molecule has 1 aliphatic rings. The average Bonchev–Trinajstić information content (AvgIpc) is 2.62. The van der Waals surface area contributed by atoms with Crippen LogP contribution in [0.2, 0.25) is 0 Å². The second-order valence-electron chi connectivity index (χ2n) is 5.76. The summed E-state index contributed by atoms with van der Waals surface area (Å²) < 4.78 is 45.4. The number of halogens is 1. The molecule has 0 atom stereocenters. The fourth-order valence-electron chi connectivity index (χ4n) is 3.00. The Morgan fingerprint density at radius 2 is 2.00 bits per heavy atom. The Morgan fingerprint density at radius 3 is 2.58 bits per heavy atom. The van der Waals surface area contributed by atoms with Crippen LogP contribution in [-0.2, 0) is 10.0 Å². The van der Waals surface area contributed by atoms with Gasteiger partial charge in [0, 0.05) is 25.5 Å². The van der Waals surface area contributed by atoms with E-state index in [0.717, 1.165) is 24.5 Å². The van der Waals surface area contributed by atoms with Crippen LogP contribution >= 0.6 is 0 Å². The Morgan fingerprint density at radius 1 is 1.25 bits per heavy atom. The van der Waals surface area contributed by atoms with Gasteiger partial charge in [0.15, 0.2) is 11.6 Å². The van der Waals surface area contributed by atoms with Gasteiger partial charge in [0.05, 0.1) is 12.0 Å². The molecular weight excluding hydrogens is 331 g/mol. The van der Waals surface area contributed by atoms with E-state index in [1.54, 1.807) is 6.20 Å². The van der Waals surface area contributed by atoms with Gasteiger partial charge in [-0.05, 0) is 48.6 Å². The molecular formula is C17H19FN2O3S. The van der Waals surface area contributed by atoms with Crippen LogP contribution in [0.4, 0.5) is 4.39 Å². The molecule has 5 nitrogen and oxygen atoms in total. The molecule has 0 saturated carbocycles. The van der Waals surface area contributed by atoms with E-state index in [-0.39, 0.29) is 10.6 Å². The minimum atomic E-state index is -3.69. The molecule has 0 unspecified atom stereocenters. The van der Waals surface area contributed by atoms with Crippen LogP contribution in [0.3, 0.4) is 0 Å². The lowest BCUT2D eigenvalue weighted by Gasteiger charge is -2.31. The maximum absolute atomic E-state index is 13.8. The molecule has 1 aromatic carbocycles. The normalized spacial score (nSPS) is 16.9. The summed E-state index contributed by atoms with van der Waals surface area (Å²) in [6, 6.07) is 7.63. The third-order valence-corrected chi connectivity index (χ3v) is 6.27. The number of methoxy groups -OCH3 is 1. The summed E-state index contributed by atoms with van der Waals surface area (Å²) in [5, 5.41) is 0. The largest absolute Gasteiger partial charge is 0.494 e. The first-order valence-corrected chi connectivity index (χ1v) is 9.20. The minimum Gasteiger partial charge on any atom is -0.494 e. The number of hydrogen-bond acceptors (Lipinski definition) is 4. The molecule has 2 aromatic rings. The van der Waals surface area contributed by atoms with Crippen molar-refractivity contribution >= 4 is 10.0 Å². The molecule has 0 radical (unpaired) electrons. The fourth-order valence-corrected chi connectivity index (χ4v) is 4.49. The second kappa shape index (κ2) is 6.86. The first-order valence-electron chi connectivity index (χ1n) is 7.76. The van der Waals surface area contributed by atoms with E-state index in [4.69, 9.17) is 4.74 Å². The highest BCUT2D eigenvalue weighted by Crippen LogP contribution is 2.31. The lowest BCUT2D eigenvalue weighted by atomic mass is 9.91. The lowest BCUT2D eigenvalue weighted by Crippen LogP contribution is -2.37. The van der Waals surface area contributed by atoms with Gasteiger partial charge in [-0.3, -0.25) is 4.98 Å². The van der Waals surface area contributed by atoms with Crippen molar-refractivity contribution in [2.75, 3.05) is 20.2 Å². The quantitative estimate of drug-likeness (QED) is 0.851. The molecule has 1 fully saturated rings. The van der Waals surface area contributed by atoms with E-state index in [1.165, 1.54) is 23.5 Å². The Hall–Kier alpha value is -1.99. The third-order valence-electron chi connectivity index (χ3n) is 4.37. The highest BCUT2D eigenvalue weighted by atomic mass is 32.2. The topological polar surface area (TPSA) is 59.5 Å². The zero-order valence-electron chi connectivity index (χ0n) is 13.4. The molecule has 0 bridgehead atoms. The number of sulfonamides is 1. The van der Waals surface area contributed by atoms with Crippen LogP contribution in [0.25, 0.3) is 0 Å². The molecule has 1 aliphatic heterocycles. The van der Waals surface area contributed by atoms with Gasteiger partial charge in [-0.1, -0.05) is 6.07 Å². The van der Waals surface area contributed by atoms with Gasteiger partial charge in [-0.2, -0.15) is 4.31 Å². The van der Waals surface area contributed by atoms with Gasteiger partial charge in [-0.15, -0.1) is 0 Å². The van der Waals surface area contributed by atoms with Gasteiger partial charge in [-0.25, -0.2) is 12.8 Å². The van der Waals surface area contributed by atoms with Crippen molar-refractivity contribution < 1.29 is 17.5 Å². The molecule has 24 heavy (non-hydrogen) atoms. The molecule has 0 aliphatic carbocycles. The molecule has 128 valence electrons. The SMILES string of the molecule is COc1ccc(S(=O)(=O)N2CCC(c3cccnc3)CC2)cc1F. The van der Waals surface area contributed by atoms with E-state index >= 15 is 0 Å². The van der Waals surface area contributed by atoms with Crippen LogP contribution < -0.4 is 4.74 Å². The van der Waals surface area contributed by atoms with E-state index in [2.05, 4.69) is 4.98 Å². The summed E-state index contributed by atoms with van der Waals surface area (Å²) >= 11 is 0. The standard InChI is InChI=1S/C17H19FN2O3S/c1-23-17-5-4-15(11-16(17)18)24(21,22)20-9-6-13(7-10-20)14-3-2-8-19-12-14/h2-5,8,11-13H,6-7,9-10H2,1H3. The highest BCUT2D eigenvalue weighted by molar-refractivity contribution is 7.89. The van der Waals surface area contributed by atoms with E-state index in [1.807, 2.05) is 18.3 Å². The van der Waals surface area contributed by atoms with Gasteiger partial charge in [0.1, 0.15) is 0 Å². The monoisotopic (exact) mass is 350 g/mol. The number of ether oxygens (including phenoxy) is 1. The summed E-state index contributed by atoms with van der Waals surface area (Å²) in [4.78, 5) is 4.07.